The summed E-state index contributed by atoms with van der Waals surface area (Å²) in [4.78, 5) is 19.6. The van der Waals surface area contributed by atoms with Crippen LogP contribution in [0.2, 0.25) is 5.02 Å². The van der Waals surface area contributed by atoms with E-state index in [9.17, 15) is 13.6 Å². The van der Waals surface area contributed by atoms with Crippen LogP contribution in [-0.2, 0) is 13.0 Å². The van der Waals surface area contributed by atoms with Crippen LogP contribution < -0.4 is 5.32 Å². The maximum absolute atomic E-state index is 13.8. The number of aromatic nitrogens is 1. The summed E-state index contributed by atoms with van der Waals surface area (Å²) < 4.78 is 27.1. The molecule has 1 aromatic heterocycles. The van der Waals surface area contributed by atoms with Crippen LogP contribution in [0.1, 0.15) is 20.4 Å². The Hall–Kier alpha value is -1.57. The monoisotopic (exact) mass is 343 g/mol. The SMILES string of the molecule is CN1CCc2nc(C(=O)Nc3cc(F)cc(Cl)c3F)sc2C1. The fraction of sp³-hybridized carbons (Fsp3) is 0.286. The lowest BCUT2D eigenvalue weighted by Gasteiger charge is -2.20. The molecule has 1 N–H and O–H groups in total. The summed E-state index contributed by atoms with van der Waals surface area (Å²) in [6.45, 7) is 1.62. The van der Waals surface area contributed by atoms with Crippen LogP contribution in [0, 0.1) is 11.6 Å². The molecule has 3 rings (SSSR count). The number of benzene rings is 1. The molecule has 8 heteroatoms. The first kappa shape index (κ1) is 15.3. The van der Waals surface area contributed by atoms with E-state index in [0.717, 1.165) is 42.2 Å². The number of hydrogen-bond donors (Lipinski definition) is 1. The van der Waals surface area contributed by atoms with Crippen LogP contribution in [-0.4, -0.2) is 29.4 Å². The zero-order chi connectivity index (χ0) is 15.9. The van der Waals surface area contributed by atoms with Crippen molar-refractivity contribution in [1.82, 2.24) is 9.88 Å². The standard InChI is InChI=1S/C14H12ClF2N3OS/c1-20-3-2-9-11(6-20)22-14(19-9)13(21)18-10-5-7(16)4-8(15)12(10)17/h4-5H,2-3,6H2,1H3,(H,18,21). The number of thiazole rings is 1. The Morgan fingerprint density at radius 2 is 2.23 bits per heavy atom. The lowest BCUT2D eigenvalue weighted by Crippen LogP contribution is -2.25. The van der Waals surface area contributed by atoms with Crippen molar-refractivity contribution in [3.63, 3.8) is 0 Å². The Morgan fingerprint density at radius 3 is 3.00 bits per heavy atom. The van der Waals surface area contributed by atoms with E-state index in [2.05, 4.69) is 15.2 Å². The second-order valence-corrected chi connectivity index (χ2v) is 6.57. The van der Waals surface area contributed by atoms with E-state index < -0.39 is 17.5 Å². The molecule has 0 saturated heterocycles. The Balaban J connectivity index is 1.84. The van der Waals surface area contributed by atoms with Gasteiger partial charge < -0.3 is 10.2 Å². The number of carbonyl (C=O) groups is 1. The lowest BCUT2D eigenvalue weighted by atomic mass is 10.2. The van der Waals surface area contributed by atoms with Crippen molar-refractivity contribution < 1.29 is 13.6 Å². The number of hydrogen-bond acceptors (Lipinski definition) is 4. The summed E-state index contributed by atoms with van der Waals surface area (Å²) >= 11 is 6.83. The quantitative estimate of drug-likeness (QED) is 0.851. The first-order valence-electron chi connectivity index (χ1n) is 6.57. The van der Waals surface area contributed by atoms with Gasteiger partial charge in [-0.2, -0.15) is 0 Å². The van der Waals surface area contributed by atoms with Gasteiger partial charge in [0.25, 0.3) is 5.91 Å². The smallest absolute Gasteiger partial charge is 0.284 e. The van der Waals surface area contributed by atoms with Gasteiger partial charge in [0, 0.05) is 30.5 Å². The van der Waals surface area contributed by atoms with E-state index in [-0.39, 0.29) is 15.7 Å². The molecule has 2 aromatic rings. The molecule has 116 valence electrons. The summed E-state index contributed by atoms with van der Waals surface area (Å²) in [5.41, 5.74) is 0.603. The highest BCUT2D eigenvalue weighted by Gasteiger charge is 2.22. The Bertz CT molecular complexity index is 750. The van der Waals surface area contributed by atoms with Gasteiger partial charge in [-0.1, -0.05) is 11.6 Å². The molecule has 0 unspecified atom stereocenters. The van der Waals surface area contributed by atoms with Gasteiger partial charge in [-0.15, -0.1) is 11.3 Å². The first-order valence-corrected chi connectivity index (χ1v) is 7.76. The summed E-state index contributed by atoms with van der Waals surface area (Å²) in [5.74, 6) is -2.15. The molecule has 0 saturated carbocycles. The number of likely N-dealkylation sites (N-methyl/N-ethyl adjacent to an activating group) is 1. The fourth-order valence-corrected chi connectivity index (χ4v) is 3.53. The van der Waals surface area contributed by atoms with Gasteiger partial charge in [0.1, 0.15) is 5.82 Å². The van der Waals surface area contributed by atoms with Crippen LogP contribution in [0.3, 0.4) is 0 Å². The number of anilines is 1. The van der Waals surface area contributed by atoms with Gasteiger partial charge in [-0.3, -0.25) is 4.79 Å². The molecule has 0 fully saturated rings. The predicted octanol–water partition coefficient (Wildman–Crippen LogP) is 3.31. The molecular formula is C14H12ClF2N3OS. The average molecular weight is 344 g/mol. The van der Waals surface area contributed by atoms with Gasteiger partial charge >= 0.3 is 0 Å². The highest BCUT2D eigenvalue weighted by atomic mass is 35.5. The van der Waals surface area contributed by atoms with Crippen molar-refractivity contribution in [2.24, 2.45) is 0 Å². The van der Waals surface area contributed by atoms with E-state index in [0.29, 0.717) is 0 Å². The van der Waals surface area contributed by atoms with Gasteiger partial charge in [-0.05, 0) is 13.1 Å². The molecule has 1 aromatic carbocycles. The maximum atomic E-state index is 13.8. The Labute approximate surface area is 134 Å². The zero-order valence-corrected chi connectivity index (χ0v) is 13.2. The third-order valence-electron chi connectivity index (χ3n) is 3.36. The predicted molar refractivity (Wildman–Crippen MR) is 81.5 cm³/mol. The van der Waals surface area contributed by atoms with Crippen LogP contribution in [0.25, 0.3) is 0 Å². The van der Waals surface area contributed by atoms with Crippen molar-refractivity contribution >= 4 is 34.5 Å². The van der Waals surface area contributed by atoms with Crippen LogP contribution >= 0.6 is 22.9 Å². The van der Waals surface area contributed by atoms with Crippen molar-refractivity contribution in [1.29, 1.82) is 0 Å². The normalized spacial score (nSPS) is 14.7. The number of nitrogens with zero attached hydrogens (tertiary/aromatic N) is 2. The zero-order valence-electron chi connectivity index (χ0n) is 11.6. The summed E-state index contributed by atoms with van der Waals surface area (Å²) in [6, 6.07) is 1.74. The highest BCUT2D eigenvalue weighted by molar-refractivity contribution is 7.13. The molecule has 1 aliphatic rings. The average Bonchev–Trinajstić information content (AvgIpc) is 2.87. The van der Waals surface area contributed by atoms with Crippen LogP contribution in [0.5, 0.6) is 0 Å². The highest BCUT2D eigenvalue weighted by Crippen LogP contribution is 2.27. The Morgan fingerprint density at radius 1 is 1.45 bits per heavy atom. The van der Waals surface area contributed by atoms with Gasteiger partial charge in [0.2, 0.25) is 0 Å². The number of halogens is 3. The van der Waals surface area contributed by atoms with Crippen molar-refractivity contribution in [2.45, 2.75) is 13.0 Å². The number of amides is 1. The second-order valence-electron chi connectivity index (χ2n) is 5.08. The third-order valence-corrected chi connectivity index (χ3v) is 4.71. The molecule has 0 bridgehead atoms. The van der Waals surface area contributed by atoms with E-state index >= 15 is 0 Å². The number of rotatable bonds is 2. The third kappa shape index (κ3) is 2.97. The largest absolute Gasteiger partial charge is 0.317 e. The minimum Gasteiger partial charge on any atom is -0.317 e. The topological polar surface area (TPSA) is 45.2 Å². The van der Waals surface area contributed by atoms with Crippen LogP contribution in [0.4, 0.5) is 14.5 Å². The minimum atomic E-state index is -0.863. The van der Waals surface area contributed by atoms with Crippen LogP contribution in [0.15, 0.2) is 12.1 Å². The summed E-state index contributed by atoms with van der Waals surface area (Å²) in [5, 5.41) is 2.18. The molecule has 2 heterocycles. The summed E-state index contributed by atoms with van der Waals surface area (Å²) in [6.07, 6.45) is 0.774. The molecule has 0 atom stereocenters. The van der Waals surface area contributed by atoms with Gasteiger partial charge in [0.05, 0.1) is 16.4 Å². The molecular weight excluding hydrogens is 332 g/mol. The first-order chi connectivity index (χ1) is 10.4. The van der Waals surface area contributed by atoms with Gasteiger partial charge in [0.15, 0.2) is 10.8 Å². The van der Waals surface area contributed by atoms with E-state index in [4.69, 9.17) is 11.6 Å². The fourth-order valence-electron chi connectivity index (χ4n) is 2.24. The summed E-state index contributed by atoms with van der Waals surface area (Å²) in [7, 11) is 1.99. The number of carbonyl (C=O) groups excluding carboxylic acids is 1. The Kier molecular flexibility index (Phi) is 4.12. The minimum absolute atomic E-state index is 0.236. The van der Waals surface area contributed by atoms with Crippen molar-refractivity contribution in [3.8, 4) is 0 Å². The molecule has 4 nitrogen and oxygen atoms in total. The van der Waals surface area contributed by atoms with E-state index in [1.54, 1.807) is 0 Å². The lowest BCUT2D eigenvalue weighted by molar-refractivity contribution is 0.102. The van der Waals surface area contributed by atoms with Crippen molar-refractivity contribution in [2.75, 3.05) is 18.9 Å². The van der Waals surface area contributed by atoms with E-state index in [1.807, 2.05) is 7.05 Å². The molecule has 22 heavy (non-hydrogen) atoms. The number of nitrogens with one attached hydrogen (secondary N) is 1. The number of fused-ring (bicyclic) bond motifs is 1. The molecule has 0 aliphatic carbocycles. The van der Waals surface area contributed by atoms with Crippen molar-refractivity contribution in [3.05, 3.63) is 44.4 Å². The molecule has 1 aliphatic heterocycles. The maximum Gasteiger partial charge on any atom is 0.284 e. The van der Waals surface area contributed by atoms with E-state index in [1.165, 1.54) is 11.3 Å². The second kappa shape index (κ2) is 5.91. The van der Waals surface area contributed by atoms with Gasteiger partial charge in [-0.25, -0.2) is 13.8 Å². The molecule has 0 spiro atoms. The molecule has 1 amide bonds. The molecule has 0 radical (unpaired) electrons.